The monoisotopic (exact) mass is 1110 g/mol. The molecule has 11 aromatic rings. The van der Waals surface area contributed by atoms with E-state index in [1.54, 1.807) is 0 Å². The first-order chi connectivity index (χ1) is 37.0. The first-order valence-electron chi connectivity index (χ1n) is 25.8. The molecule has 78 heavy (non-hydrogen) atoms. The number of nitrogens with zero attached hydrogens (tertiary/aromatic N) is 5. The van der Waals surface area contributed by atoms with Gasteiger partial charge in [-0.1, -0.05) is 292 Å². The average Bonchev–Trinajstić information content (AvgIpc) is 3.47. The van der Waals surface area contributed by atoms with Crippen LogP contribution in [0.1, 0.15) is 37.0 Å². The van der Waals surface area contributed by atoms with Crippen molar-refractivity contribution in [3.05, 3.63) is 332 Å². The van der Waals surface area contributed by atoms with Crippen molar-refractivity contribution in [1.29, 1.82) is 0 Å². The molecule has 0 aromatic heterocycles. The van der Waals surface area contributed by atoms with Crippen LogP contribution in [0.3, 0.4) is 0 Å². The van der Waals surface area contributed by atoms with Crippen LogP contribution in [0.5, 0.6) is 0 Å². The van der Waals surface area contributed by atoms with E-state index < -0.39 is 7.92 Å². The molecule has 0 bridgehead atoms. The van der Waals surface area contributed by atoms with Gasteiger partial charge in [0.25, 0.3) is 0 Å². The fraction of sp³-hybridized carbons (Fsp3) is 0.113. The Labute approximate surface area is 485 Å². The second-order valence-corrected chi connectivity index (χ2v) is 20.5. The number of rotatable bonds is 17. The molecule has 392 valence electrons. The third-order valence-corrected chi connectivity index (χ3v) is 15.1. The smallest absolute Gasteiger partial charge is 0.0640 e. The Kier molecular flexibility index (Phi) is 24.4. The molecule has 0 amide bonds. The zero-order valence-corrected chi connectivity index (χ0v) is 48.6. The van der Waals surface area contributed by atoms with Gasteiger partial charge in [-0.2, -0.15) is 0 Å². The van der Waals surface area contributed by atoms with Gasteiger partial charge in [-0.05, 0) is 73.5 Å². The van der Waals surface area contributed by atoms with Gasteiger partial charge in [-0.25, -0.2) is 12.3 Å². The number of aliphatic imine (C=N–C) groups is 1. The number of benzene rings is 11. The molecule has 2 unspecified atom stereocenters. The summed E-state index contributed by atoms with van der Waals surface area (Å²) in [6, 6.07) is 97.2. The van der Waals surface area contributed by atoms with Crippen molar-refractivity contribution < 1.29 is 26.2 Å². The van der Waals surface area contributed by atoms with Crippen molar-refractivity contribution in [3.63, 3.8) is 0 Å². The third kappa shape index (κ3) is 18.2. The van der Waals surface area contributed by atoms with Crippen LogP contribution in [0.4, 0.5) is 17.1 Å². The largest absolute Gasteiger partial charge is 0.699 e. The van der Waals surface area contributed by atoms with E-state index in [0.717, 1.165) is 29.9 Å². The molecule has 0 radical (unpaired) electrons. The molecule has 7 heteroatoms. The van der Waals surface area contributed by atoms with Gasteiger partial charge in [0, 0.05) is 34.1 Å². The summed E-state index contributed by atoms with van der Waals surface area (Å²) in [4.78, 5) is 5.32. The van der Waals surface area contributed by atoms with Crippen LogP contribution in [0, 0.1) is 14.9 Å². The third-order valence-electron chi connectivity index (χ3n) is 12.7. The summed E-state index contributed by atoms with van der Waals surface area (Å²) < 4.78 is 0. The molecule has 0 aliphatic heterocycles. The molecule has 0 aliphatic carbocycles. The summed E-state index contributed by atoms with van der Waals surface area (Å²) in [6.07, 6.45) is 1.83. The second-order valence-electron chi connectivity index (χ2n) is 18.3. The maximum Gasteiger partial charge on any atom is 0.0640 e. The summed E-state index contributed by atoms with van der Waals surface area (Å²) in [5.74, 6) is 0. The van der Waals surface area contributed by atoms with E-state index in [9.17, 15) is 0 Å². The normalized spacial score (nSPS) is 11.6. The van der Waals surface area contributed by atoms with Crippen molar-refractivity contribution in [2.24, 2.45) is 4.99 Å². The van der Waals surface area contributed by atoms with E-state index in [4.69, 9.17) is 4.99 Å². The molecule has 0 aliphatic rings. The summed E-state index contributed by atoms with van der Waals surface area (Å²) in [6.45, 7) is 5.47. The Morgan fingerprint density at radius 2 is 0.705 bits per heavy atom. The van der Waals surface area contributed by atoms with E-state index in [-0.39, 0.29) is 53.4 Å². The van der Waals surface area contributed by atoms with Gasteiger partial charge >= 0.3 is 0 Å². The van der Waals surface area contributed by atoms with E-state index in [1.807, 2.05) is 50.2 Å². The predicted molar refractivity (Wildman–Crippen MR) is 338 cm³/mol. The molecular formula is C71H68N5PZr-6. The Morgan fingerprint density at radius 1 is 0.372 bits per heavy atom. The minimum atomic E-state index is -0.727. The van der Waals surface area contributed by atoms with E-state index in [1.165, 1.54) is 65.1 Å². The minimum absolute atomic E-state index is 0. The van der Waals surface area contributed by atoms with Crippen LogP contribution >= 0.6 is 7.92 Å². The molecule has 0 saturated carbocycles. The molecule has 11 aromatic carbocycles. The first-order valence-corrected chi connectivity index (χ1v) is 27.1. The van der Waals surface area contributed by atoms with Gasteiger partial charge in [0.2, 0.25) is 0 Å². The molecule has 0 fully saturated rings. The Morgan fingerprint density at radius 3 is 1.12 bits per heavy atom. The molecule has 0 saturated heterocycles. The molecule has 0 heterocycles. The summed E-state index contributed by atoms with van der Waals surface area (Å²) in [5, 5.41) is 28.6. The maximum absolute atomic E-state index is 5.32. The molecule has 5 nitrogen and oxygen atoms in total. The number of hydrogen-bond donors (Lipinski definition) is 0. The van der Waals surface area contributed by atoms with Crippen molar-refractivity contribution in [2.45, 2.75) is 52.1 Å². The van der Waals surface area contributed by atoms with E-state index in [2.05, 4.69) is 264 Å². The topological polar surface area (TPSA) is 68.8 Å². The Hall–Kier alpha value is -7.30. The van der Waals surface area contributed by atoms with Crippen molar-refractivity contribution in [3.8, 4) is 0 Å². The van der Waals surface area contributed by atoms with E-state index >= 15 is 0 Å². The quantitative estimate of drug-likeness (QED) is 0.0495. The van der Waals surface area contributed by atoms with Crippen molar-refractivity contribution in [1.82, 2.24) is 0 Å². The average molecular weight is 1110 g/mol. The number of fused-ring (bicyclic) bond motifs is 3. The van der Waals surface area contributed by atoms with Crippen LogP contribution in [0.2, 0.25) is 0 Å². The minimum Gasteiger partial charge on any atom is -0.699 e. The van der Waals surface area contributed by atoms with Gasteiger partial charge in [-0.3, -0.25) is 4.99 Å². The predicted octanol–water partition coefficient (Wildman–Crippen LogP) is 20.1. The Balaban J connectivity index is 0.000000193. The van der Waals surface area contributed by atoms with Crippen LogP contribution in [-0.2, 0) is 45.7 Å². The fourth-order valence-electron chi connectivity index (χ4n) is 8.78. The number of hydrogen-bond acceptors (Lipinski definition) is 1. The van der Waals surface area contributed by atoms with Crippen molar-refractivity contribution >= 4 is 73.4 Å². The maximum atomic E-state index is 5.32. The summed E-state index contributed by atoms with van der Waals surface area (Å²) in [7, 11) is -0.727. The summed E-state index contributed by atoms with van der Waals surface area (Å²) >= 11 is 0. The van der Waals surface area contributed by atoms with E-state index in [0.29, 0.717) is 13.1 Å². The zero-order valence-electron chi connectivity index (χ0n) is 45.2. The molecule has 0 spiro atoms. The first kappa shape index (κ1) is 59.9. The van der Waals surface area contributed by atoms with Gasteiger partial charge < -0.3 is 36.1 Å². The zero-order chi connectivity index (χ0) is 51.3. The van der Waals surface area contributed by atoms with Gasteiger partial charge in [0.15, 0.2) is 0 Å². The van der Waals surface area contributed by atoms with Gasteiger partial charge in [-0.15, -0.1) is 24.5 Å². The summed E-state index contributed by atoms with van der Waals surface area (Å²) in [5.41, 5.74) is 8.03. The molecule has 2 atom stereocenters. The standard InChI is InChI=1S/C31H26NP.2C19H18N2.2CH3.Zr/c1-4-12-25(13-5-1)20-23-31(32-28-22-21-26-14-10-11-15-27(26)24-28)33(29-16-6-2-7-17-29)30-18-8-3-9-19-30;2*1-15(20-14-16-7-3-2-4-8-16)21-19-12-11-17-9-5-6-10-18(17)13-19;;;/h1-19,21-22,24H,20,23H2;2*2-13,15H,14H2,1H3;2*1H3;/q;2*-2;2*-1;. The van der Waals surface area contributed by atoms with Crippen LogP contribution in [0.15, 0.2) is 284 Å². The van der Waals surface area contributed by atoms with Crippen molar-refractivity contribution in [2.75, 3.05) is 0 Å². The number of aryl methyl sites for hydroxylation is 1. The van der Waals surface area contributed by atoms with Crippen LogP contribution < -0.4 is 10.6 Å². The van der Waals surface area contributed by atoms with Gasteiger partial charge in [0.1, 0.15) is 0 Å². The molecule has 0 N–H and O–H groups in total. The van der Waals surface area contributed by atoms with Crippen LogP contribution in [-0.4, -0.2) is 17.8 Å². The second kappa shape index (κ2) is 31.8. The molecule has 11 rings (SSSR count). The Bertz CT molecular complexity index is 3320. The molecular weight excluding hydrogens is 1050 g/mol. The SMILES string of the molecule is CC([N-]Cc1ccccc1)[N-]c1ccc2ccccc2c1.CC([N-]Cc1ccccc1)[N-]c1ccc2ccccc2c1.[CH3-].[CH3-].[Zr].c1ccc(CCC(=Nc2ccc3ccccc3c2)P(c2ccccc2)c2ccccc2)cc1. The fourth-order valence-corrected chi connectivity index (χ4v) is 11.2. The van der Waals surface area contributed by atoms with Crippen LogP contribution in [0.25, 0.3) is 53.6 Å². The van der Waals surface area contributed by atoms with Gasteiger partial charge in [0.05, 0.1) is 11.1 Å².